The highest BCUT2D eigenvalue weighted by atomic mass is 79.9. The second-order valence-corrected chi connectivity index (χ2v) is 6.27. The molecular weight excluding hydrogens is 212 g/mol. The van der Waals surface area contributed by atoms with Crippen molar-refractivity contribution in [2.24, 2.45) is 10.8 Å². The Balaban J connectivity index is 3.57. The highest BCUT2D eigenvalue weighted by molar-refractivity contribution is 9.09. The monoisotopic (exact) mass is 234 g/mol. The molecule has 0 unspecified atom stereocenters. The molecule has 0 aliphatic carbocycles. The van der Waals surface area contributed by atoms with Crippen molar-refractivity contribution >= 4 is 15.9 Å². The number of hydrogen-bond donors (Lipinski definition) is 0. The van der Waals surface area contributed by atoms with Crippen LogP contribution in [0.1, 0.15) is 53.9 Å². The lowest BCUT2D eigenvalue weighted by molar-refractivity contribution is 0.306. The van der Waals surface area contributed by atoms with E-state index in [0.29, 0.717) is 10.8 Å². The van der Waals surface area contributed by atoms with E-state index in [1.54, 1.807) is 0 Å². The van der Waals surface area contributed by atoms with Crippen molar-refractivity contribution in [1.29, 1.82) is 0 Å². The van der Waals surface area contributed by atoms with Gasteiger partial charge in [0.05, 0.1) is 0 Å². The van der Waals surface area contributed by atoms with Crippen molar-refractivity contribution in [1.82, 2.24) is 0 Å². The topological polar surface area (TPSA) is 0 Å². The molecule has 0 saturated carbocycles. The minimum Gasteiger partial charge on any atom is -0.0922 e. The van der Waals surface area contributed by atoms with Crippen LogP contribution in [0.2, 0.25) is 0 Å². The molecule has 74 valence electrons. The molecule has 1 heteroatoms. The molecule has 0 atom stereocenters. The Kier molecular flexibility index (Phi) is 4.83. The highest BCUT2D eigenvalue weighted by Crippen LogP contribution is 2.29. The number of hydrogen-bond acceptors (Lipinski definition) is 0. The van der Waals surface area contributed by atoms with Crippen LogP contribution in [0.25, 0.3) is 0 Å². The van der Waals surface area contributed by atoms with E-state index in [1.165, 1.54) is 19.3 Å². The zero-order valence-electron chi connectivity index (χ0n) is 9.21. The third-order valence-electron chi connectivity index (χ3n) is 2.14. The van der Waals surface area contributed by atoms with Gasteiger partial charge < -0.3 is 0 Å². The van der Waals surface area contributed by atoms with Crippen molar-refractivity contribution in [2.45, 2.75) is 53.9 Å². The second kappa shape index (κ2) is 4.64. The van der Waals surface area contributed by atoms with Gasteiger partial charge in [-0.05, 0) is 23.7 Å². The van der Waals surface area contributed by atoms with Crippen LogP contribution in [0, 0.1) is 10.8 Å². The van der Waals surface area contributed by atoms with E-state index in [-0.39, 0.29) is 0 Å². The molecule has 0 spiro atoms. The molecule has 0 bridgehead atoms. The molecule has 12 heavy (non-hydrogen) atoms. The first-order valence-corrected chi connectivity index (χ1v) is 5.95. The highest BCUT2D eigenvalue weighted by Gasteiger charge is 2.17. The first-order valence-electron chi connectivity index (χ1n) is 4.83. The molecule has 0 amide bonds. The Morgan fingerprint density at radius 1 is 0.917 bits per heavy atom. The van der Waals surface area contributed by atoms with E-state index in [2.05, 4.69) is 50.5 Å². The summed E-state index contributed by atoms with van der Waals surface area (Å²) >= 11 is 3.55. The average Bonchev–Trinajstić information content (AvgIpc) is 1.84. The molecule has 0 nitrogen and oxygen atoms in total. The molecule has 0 aliphatic heterocycles. The Bertz CT molecular complexity index is 119. The van der Waals surface area contributed by atoms with Crippen molar-refractivity contribution in [3.8, 4) is 0 Å². The third kappa shape index (κ3) is 7.15. The van der Waals surface area contributed by atoms with E-state index in [0.717, 1.165) is 5.33 Å². The summed E-state index contributed by atoms with van der Waals surface area (Å²) in [7, 11) is 0. The van der Waals surface area contributed by atoms with Crippen LogP contribution in [0.3, 0.4) is 0 Å². The molecule has 0 aromatic heterocycles. The zero-order valence-corrected chi connectivity index (χ0v) is 10.8. The SMILES string of the molecule is CC(C)(C)CCCC(C)(C)CBr. The predicted octanol–water partition coefficient (Wildman–Crippen LogP) is 4.62. The maximum absolute atomic E-state index is 3.55. The van der Waals surface area contributed by atoms with E-state index in [9.17, 15) is 0 Å². The van der Waals surface area contributed by atoms with Gasteiger partial charge in [0, 0.05) is 5.33 Å². The summed E-state index contributed by atoms with van der Waals surface area (Å²) in [6, 6.07) is 0. The Labute approximate surface area is 86.3 Å². The fraction of sp³-hybridized carbons (Fsp3) is 1.00. The molecular formula is C11H23Br. The van der Waals surface area contributed by atoms with Crippen LogP contribution in [0.15, 0.2) is 0 Å². The fourth-order valence-corrected chi connectivity index (χ4v) is 1.44. The van der Waals surface area contributed by atoms with Gasteiger partial charge in [-0.1, -0.05) is 57.0 Å². The van der Waals surface area contributed by atoms with Gasteiger partial charge in [-0.25, -0.2) is 0 Å². The summed E-state index contributed by atoms with van der Waals surface area (Å²) in [5.74, 6) is 0. The van der Waals surface area contributed by atoms with Gasteiger partial charge >= 0.3 is 0 Å². The van der Waals surface area contributed by atoms with Crippen molar-refractivity contribution in [3.63, 3.8) is 0 Å². The van der Waals surface area contributed by atoms with E-state index in [1.807, 2.05) is 0 Å². The molecule has 0 radical (unpaired) electrons. The van der Waals surface area contributed by atoms with Gasteiger partial charge in [0.25, 0.3) is 0 Å². The number of rotatable bonds is 4. The largest absolute Gasteiger partial charge is 0.0922 e. The third-order valence-corrected chi connectivity index (χ3v) is 3.66. The summed E-state index contributed by atoms with van der Waals surface area (Å²) in [6.07, 6.45) is 4.01. The number of halogens is 1. The standard InChI is InChI=1S/C11H23Br/c1-10(2,3)7-6-8-11(4,5)9-12/h6-9H2,1-5H3. The van der Waals surface area contributed by atoms with Gasteiger partial charge in [0.15, 0.2) is 0 Å². The summed E-state index contributed by atoms with van der Waals surface area (Å²) in [6.45, 7) is 11.6. The molecule has 0 rings (SSSR count). The molecule has 0 aliphatic rings. The van der Waals surface area contributed by atoms with E-state index >= 15 is 0 Å². The second-order valence-electron chi connectivity index (χ2n) is 5.71. The van der Waals surface area contributed by atoms with Crippen molar-refractivity contribution in [3.05, 3.63) is 0 Å². The van der Waals surface area contributed by atoms with Gasteiger partial charge in [-0.2, -0.15) is 0 Å². The minimum absolute atomic E-state index is 0.477. The van der Waals surface area contributed by atoms with Gasteiger partial charge in [-0.15, -0.1) is 0 Å². The van der Waals surface area contributed by atoms with E-state index < -0.39 is 0 Å². The van der Waals surface area contributed by atoms with Crippen molar-refractivity contribution in [2.75, 3.05) is 5.33 Å². The van der Waals surface area contributed by atoms with Crippen LogP contribution in [0.5, 0.6) is 0 Å². The maximum Gasteiger partial charge on any atom is 0.00826 e. The smallest absolute Gasteiger partial charge is 0.00826 e. The maximum atomic E-state index is 3.55. The van der Waals surface area contributed by atoms with Crippen LogP contribution in [-0.4, -0.2) is 5.33 Å². The Hall–Kier alpha value is 0.480. The van der Waals surface area contributed by atoms with Gasteiger partial charge in [0.2, 0.25) is 0 Å². The first kappa shape index (κ1) is 12.5. The van der Waals surface area contributed by atoms with Gasteiger partial charge in [-0.3, -0.25) is 0 Å². The molecule has 0 aromatic carbocycles. The minimum atomic E-state index is 0.477. The van der Waals surface area contributed by atoms with Crippen LogP contribution < -0.4 is 0 Å². The molecule has 0 N–H and O–H groups in total. The van der Waals surface area contributed by atoms with Crippen LogP contribution >= 0.6 is 15.9 Å². The molecule has 0 aromatic rings. The summed E-state index contributed by atoms with van der Waals surface area (Å²) in [5.41, 5.74) is 0.980. The lowest BCUT2D eigenvalue weighted by atomic mass is 9.84. The lowest BCUT2D eigenvalue weighted by Crippen LogP contribution is -2.14. The quantitative estimate of drug-likeness (QED) is 0.623. The molecule has 0 heterocycles. The normalized spacial score (nSPS) is 13.5. The molecule has 0 fully saturated rings. The molecule has 0 saturated heterocycles. The first-order chi connectivity index (χ1) is 5.27. The predicted molar refractivity (Wildman–Crippen MR) is 60.9 cm³/mol. The summed E-state index contributed by atoms with van der Waals surface area (Å²) < 4.78 is 0. The van der Waals surface area contributed by atoms with Gasteiger partial charge in [0.1, 0.15) is 0 Å². The van der Waals surface area contributed by atoms with Crippen LogP contribution in [-0.2, 0) is 0 Å². The zero-order chi connectivity index (χ0) is 9.83. The fourth-order valence-electron chi connectivity index (χ4n) is 1.16. The Morgan fingerprint density at radius 3 is 1.75 bits per heavy atom. The summed E-state index contributed by atoms with van der Waals surface area (Å²) in [4.78, 5) is 0. The average molecular weight is 235 g/mol. The van der Waals surface area contributed by atoms with Crippen molar-refractivity contribution < 1.29 is 0 Å². The lowest BCUT2D eigenvalue weighted by Gasteiger charge is -2.24. The summed E-state index contributed by atoms with van der Waals surface area (Å²) in [5, 5.41) is 1.12. The Morgan fingerprint density at radius 2 is 1.42 bits per heavy atom. The van der Waals surface area contributed by atoms with Crippen LogP contribution in [0.4, 0.5) is 0 Å². The van der Waals surface area contributed by atoms with E-state index in [4.69, 9.17) is 0 Å². The number of alkyl halides is 1.